The Bertz CT molecular complexity index is 317. The Morgan fingerprint density at radius 1 is 1.58 bits per heavy atom. The van der Waals surface area contributed by atoms with Crippen LogP contribution in [0.3, 0.4) is 0 Å². The SMILES string of the molecule is CC(F)C1(N=C=O)CS(=O)(=O)C1. The van der Waals surface area contributed by atoms with Gasteiger partial charge in [-0.2, -0.15) is 4.99 Å². The van der Waals surface area contributed by atoms with Crippen LogP contribution in [0.25, 0.3) is 0 Å². The molecule has 1 aliphatic heterocycles. The van der Waals surface area contributed by atoms with E-state index in [1.165, 1.54) is 13.0 Å². The second kappa shape index (κ2) is 2.64. The van der Waals surface area contributed by atoms with Gasteiger partial charge in [0.15, 0.2) is 9.84 Å². The molecule has 6 heteroatoms. The summed E-state index contributed by atoms with van der Waals surface area (Å²) in [6.45, 7) is 1.19. The highest BCUT2D eigenvalue weighted by Gasteiger charge is 2.53. The number of alkyl halides is 1. The van der Waals surface area contributed by atoms with Crippen molar-refractivity contribution in [1.82, 2.24) is 0 Å². The molecule has 0 aliphatic carbocycles. The Labute approximate surface area is 69.4 Å². The minimum Gasteiger partial charge on any atom is -0.245 e. The summed E-state index contributed by atoms with van der Waals surface area (Å²) in [5.41, 5.74) is -1.35. The number of hydrogen-bond acceptors (Lipinski definition) is 4. The molecule has 1 rings (SSSR count). The van der Waals surface area contributed by atoms with Gasteiger partial charge in [0.05, 0.1) is 11.5 Å². The molecule has 0 spiro atoms. The van der Waals surface area contributed by atoms with Crippen LogP contribution >= 0.6 is 0 Å². The Morgan fingerprint density at radius 2 is 2.08 bits per heavy atom. The first-order valence-electron chi connectivity index (χ1n) is 3.35. The van der Waals surface area contributed by atoms with E-state index in [2.05, 4.69) is 4.99 Å². The highest BCUT2D eigenvalue weighted by molar-refractivity contribution is 7.93. The lowest BCUT2D eigenvalue weighted by Gasteiger charge is -2.36. The maximum atomic E-state index is 12.8. The Balaban J connectivity index is 2.89. The number of rotatable bonds is 2. The van der Waals surface area contributed by atoms with E-state index in [1.54, 1.807) is 0 Å². The summed E-state index contributed by atoms with van der Waals surface area (Å²) < 4.78 is 34.2. The molecule has 0 aromatic carbocycles. The first kappa shape index (κ1) is 9.35. The monoisotopic (exact) mass is 193 g/mol. The Morgan fingerprint density at radius 3 is 2.33 bits per heavy atom. The van der Waals surface area contributed by atoms with Crippen molar-refractivity contribution in [2.45, 2.75) is 18.6 Å². The molecule has 1 fully saturated rings. The van der Waals surface area contributed by atoms with Crippen molar-refractivity contribution in [3.8, 4) is 0 Å². The van der Waals surface area contributed by atoms with E-state index in [4.69, 9.17) is 0 Å². The van der Waals surface area contributed by atoms with Crippen LogP contribution in [0, 0.1) is 0 Å². The summed E-state index contributed by atoms with van der Waals surface area (Å²) in [5.74, 6) is -0.764. The third kappa shape index (κ3) is 1.40. The van der Waals surface area contributed by atoms with Gasteiger partial charge in [-0.25, -0.2) is 17.6 Å². The molecule has 1 saturated heterocycles. The minimum atomic E-state index is -3.17. The summed E-state index contributed by atoms with van der Waals surface area (Å²) in [6, 6.07) is 0. The van der Waals surface area contributed by atoms with E-state index in [-0.39, 0.29) is 11.5 Å². The molecule has 0 aromatic heterocycles. The average Bonchev–Trinajstić information content (AvgIpc) is 1.83. The van der Waals surface area contributed by atoms with Crippen LogP contribution in [0.4, 0.5) is 4.39 Å². The summed E-state index contributed by atoms with van der Waals surface area (Å²) in [6.07, 6.45) is -0.228. The number of isocyanates is 1. The predicted molar refractivity (Wildman–Crippen MR) is 40.1 cm³/mol. The van der Waals surface area contributed by atoms with Crippen molar-refractivity contribution >= 4 is 15.9 Å². The van der Waals surface area contributed by atoms with E-state index >= 15 is 0 Å². The lowest BCUT2D eigenvalue weighted by molar-refractivity contribution is 0.231. The van der Waals surface area contributed by atoms with Crippen molar-refractivity contribution in [3.63, 3.8) is 0 Å². The summed E-state index contributed by atoms with van der Waals surface area (Å²) in [5, 5.41) is 0. The Kier molecular flexibility index (Phi) is 2.06. The standard InChI is InChI=1S/C6H8FNO3S/c1-5(7)6(8-4-9)2-12(10,11)3-6/h5H,2-3H2,1H3. The molecule has 0 N–H and O–H groups in total. The maximum Gasteiger partial charge on any atom is 0.235 e. The van der Waals surface area contributed by atoms with E-state index in [9.17, 15) is 17.6 Å². The lowest BCUT2D eigenvalue weighted by Crippen LogP contribution is -2.58. The zero-order valence-corrected chi connectivity index (χ0v) is 7.27. The van der Waals surface area contributed by atoms with E-state index < -0.39 is 21.5 Å². The highest BCUT2D eigenvalue weighted by atomic mass is 32.2. The molecule has 12 heavy (non-hydrogen) atoms. The van der Waals surface area contributed by atoms with Crippen LogP contribution < -0.4 is 0 Å². The molecule has 0 radical (unpaired) electrons. The minimum absolute atomic E-state index is 0.382. The molecular formula is C6H8FNO3S. The molecule has 1 heterocycles. The van der Waals surface area contributed by atoms with Crippen LogP contribution in [0.1, 0.15) is 6.92 Å². The molecule has 0 bridgehead atoms. The number of carbonyl (C=O) groups excluding carboxylic acids is 1. The fourth-order valence-electron chi connectivity index (χ4n) is 1.19. The van der Waals surface area contributed by atoms with Gasteiger partial charge in [0, 0.05) is 0 Å². The van der Waals surface area contributed by atoms with Gasteiger partial charge >= 0.3 is 0 Å². The van der Waals surface area contributed by atoms with Gasteiger partial charge in [-0.1, -0.05) is 0 Å². The van der Waals surface area contributed by atoms with E-state index in [0.29, 0.717) is 0 Å². The van der Waals surface area contributed by atoms with Gasteiger partial charge in [0.2, 0.25) is 6.08 Å². The quantitative estimate of drug-likeness (QED) is 0.452. The second-order valence-corrected chi connectivity index (χ2v) is 5.02. The van der Waals surface area contributed by atoms with E-state index in [0.717, 1.165) is 0 Å². The van der Waals surface area contributed by atoms with Crippen molar-refractivity contribution in [1.29, 1.82) is 0 Å². The molecular weight excluding hydrogens is 185 g/mol. The third-order valence-electron chi connectivity index (χ3n) is 1.95. The van der Waals surface area contributed by atoms with Gasteiger partial charge in [0.25, 0.3) is 0 Å². The number of nitrogens with zero attached hydrogens (tertiary/aromatic N) is 1. The van der Waals surface area contributed by atoms with Gasteiger partial charge in [-0.05, 0) is 6.92 Å². The van der Waals surface area contributed by atoms with Crippen LogP contribution in [-0.2, 0) is 14.6 Å². The Hall–Kier alpha value is -0.740. The van der Waals surface area contributed by atoms with Crippen LogP contribution in [-0.4, -0.2) is 37.7 Å². The molecule has 1 aliphatic rings. The van der Waals surface area contributed by atoms with Crippen molar-refractivity contribution < 1.29 is 17.6 Å². The van der Waals surface area contributed by atoms with Gasteiger partial charge in [-0.3, -0.25) is 0 Å². The molecule has 1 unspecified atom stereocenters. The number of aliphatic imine (C=N–C) groups is 1. The molecule has 1 atom stereocenters. The number of hydrogen-bond donors (Lipinski definition) is 0. The van der Waals surface area contributed by atoms with Crippen molar-refractivity contribution in [3.05, 3.63) is 0 Å². The first-order valence-corrected chi connectivity index (χ1v) is 5.17. The molecule has 0 aromatic rings. The largest absolute Gasteiger partial charge is 0.245 e. The van der Waals surface area contributed by atoms with Gasteiger partial charge in [0.1, 0.15) is 11.7 Å². The molecule has 4 nitrogen and oxygen atoms in total. The maximum absolute atomic E-state index is 12.8. The molecule has 0 saturated carbocycles. The summed E-state index contributed by atoms with van der Waals surface area (Å²) in [4.78, 5) is 13.1. The topological polar surface area (TPSA) is 63.6 Å². The summed E-state index contributed by atoms with van der Waals surface area (Å²) >= 11 is 0. The average molecular weight is 193 g/mol. The van der Waals surface area contributed by atoms with Crippen molar-refractivity contribution in [2.24, 2.45) is 4.99 Å². The highest BCUT2D eigenvalue weighted by Crippen LogP contribution is 2.32. The van der Waals surface area contributed by atoms with Crippen LogP contribution in [0.2, 0.25) is 0 Å². The second-order valence-electron chi connectivity index (χ2n) is 2.95. The van der Waals surface area contributed by atoms with E-state index in [1.807, 2.05) is 0 Å². The van der Waals surface area contributed by atoms with Crippen molar-refractivity contribution in [2.75, 3.05) is 11.5 Å². The smallest absolute Gasteiger partial charge is 0.235 e. The van der Waals surface area contributed by atoms with Gasteiger partial charge < -0.3 is 0 Å². The number of halogens is 1. The normalized spacial score (nSPS) is 26.5. The van der Waals surface area contributed by atoms with Crippen LogP contribution in [0.5, 0.6) is 0 Å². The third-order valence-corrected chi connectivity index (χ3v) is 3.83. The molecule has 68 valence electrons. The van der Waals surface area contributed by atoms with Gasteiger partial charge in [-0.15, -0.1) is 0 Å². The fourth-order valence-corrected chi connectivity index (χ4v) is 3.22. The zero-order valence-electron chi connectivity index (χ0n) is 6.45. The number of sulfone groups is 1. The molecule has 0 amide bonds. The predicted octanol–water partition coefficient (Wildman–Crippen LogP) is -0.153. The lowest BCUT2D eigenvalue weighted by atomic mass is 10.00. The zero-order chi connectivity index (χ0) is 9.41. The first-order chi connectivity index (χ1) is 5.42. The fraction of sp³-hybridized carbons (Fsp3) is 0.833. The van der Waals surface area contributed by atoms with Crippen LogP contribution in [0.15, 0.2) is 4.99 Å². The summed E-state index contributed by atoms with van der Waals surface area (Å²) in [7, 11) is -3.17.